The predicted molar refractivity (Wildman–Crippen MR) is 81.9 cm³/mol. The second-order valence-electron chi connectivity index (χ2n) is 4.98. The predicted octanol–water partition coefficient (Wildman–Crippen LogP) is 4.45. The number of halogens is 1. The third kappa shape index (κ3) is 2.80. The maximum absolute atomic E-state index is 13.7. The smallest absolute Gasteiger partial charge is 0.261 e. The minimum atomic E-state index is -0.257. The van der Waals surface area contributed by atoms with Crippen molar-refractivity contribution in [2.24, 2.45) is 5.73 Å². The zero-order valence-electron chi connectivity index (χ0n) is 11.8. The average molecular weight is 302 g/mol. The summed E-state index contributed by atoms with van der Waals surface area (Å²) in [6.07, 6.45) is 0. The number of oxazole rings is 1. The van der Waals surface area contributed by atoms with Crippen molar-refractivity contribution < 1.29 is 8.81 Å². The number of hydrogen-bond acceptors (Lipinski definition) is 4. The van der Waals surface area contributed by atoms with Gasteiger partial charge in [0.1, 0.15) is 11.3 Å². The number of benzene rings is 2. The van der Waals surface area contributed by atoms with E-state index in [-0.39, 0.29) is 11.9 Å². The number of hydrogen-bond donors (Lipinski definition) is 1. The van der Waals surface area contributed by atoms with Crippen LogP contribution in [-0.2, 0) is 0 Å². The summed E-state index contributed by atoms with van der Waals surface area (Å²) in [5.74, 6) is -0.246. The fourth-order valence-corrected chi connectivity index (χ4v) is 3.17. The third-order valence-corrected chi connectivity index (χ3v) is 4.18. The van der Waals surface area contributed by atoms with E-state index in [0.29, 0.717) is 10.8 Å². The van der Waals surface area contributed by atoms with Crippen LogP contribution in [0.5, 0.6) is 0 Å². The molecular formula is C16H15FN2OS. The lowest BCUT2D eigenvalue weighted by atomic mass is 10.1. The lowest BCUT2D eigenvalue weighted by Gasteiger charge is -2.12. The summed E-state index contributed by atoms with van der Waals surface area (Å²) < 4.78 is 19.4. The molecule has 21 heavy (non-hydrogen) atoms. The maximum atomic E-state index is 13.7. The molecule has 0 saturated carbocycles. The van der Waals surface area contributed by atoms with Gasteiger partial charge in [-0.25, -0.2) is 9.37 Å². The standard InChI is InChI=1S/C16H15FN2OS/c1-9-7-15(11(10(2)18)8-12(9)17)21-16-19-13-5-3-4-6-14(13)20-16/h3-8,10H,18H2,1-2H3/t10-/m0/s1. The van der Waals surface area contributed by atoms with Gasteiger partial charge >= 0.3 is 0 Å². The molecule has 0 aliphatic heterocycles. The van der Waals surface area contributed by atoms with Crippen LogP contribution in [0.1, 0.15) is 24.1 Å². The number of aromatic nitrogens is 1. The first-order chi connectivity index (χ1) is 10.0. The van der Waals surface area contributed by atoms with Crippen LogP contribution in [0.2, 0.25) is 0 Å². The van der Waals surface area contributed by atoms with Crippen LogP contribution in [0, 0.1) is 12.7 Å². The maximum Gasteiger partial charge on any atom is 0.261 e. The van der Waals surface area contributed by atoms with Gasteiger partial charge in [-0.2, -0.15) is 0 Å². The Kier molecular flexibility index (Phi) is 3.69. The van der Waals surface area contributed by atoms with Crippen LogP contribution in [-0.4, -0.2) is 4.98 Å². The molecule has 3 aromatic rings. The molecule has 0 saturated heterocycles. The lowest BCUT2D eigenvalue weighted by molar-refractivity contribution is 0.489. The second-order valence-corrected chi connectivity index (χ2v) is 5.97. The van der Waals surface area contributed by atoms with Crippen LogP contribution in [0.3, 0.4) is 0 Å². The molecule has 3 nitrogen and oxygen atoms in total. The Morgan fingerprint density at radius 3 is 2.76 bits per heavy atom. The first kappa shape index (κ1) is 14.1. The molecule has 3 rings (SSSR count). The molecule has 0 bridgehead atoms. The molecule has 0 amide bonds. The molecule has 0 fully saturated rings. The highest BCUT2D eigenvalue weighted by Gasteiger charge is 2.15. The Balaban J connectivity index is 2.02. The first-order valence-corrected chi connectivity index (χ1v) is 7.45. The van der Waals surface area contributed by atoms with Crippen molar-refractivity contribution in [1.82, 2.24) is 4.98 Å². The Morgan fingerprint density at radius 1 is 1.29 bits per heavy atom. The lowest BCUT2D eigenvalue weighted by Crippen LogP contribution is -2.07. The van der Waals surface area contributed by atoms with E-state index in [0.717, 1.165) is 21.6 Å². The molecule has 0 aliphatic carbocycles. The van der Waals surface area contributed by atoms with Gasteiger partial charge in [-0.1, -0.05) is 12.1 Å². The van der Waals surface area contributed by atoms with Crippen molar-refractivity contribution in [2.75, 3.05) is 0 Å². The Hall–Kier alpha value is -1.85. The number of nitrogens with two attached hydrogens (primary N) is 1. The average Bonchev–Trinajstić information content (AvgIpc) is 2.84. The SMILES string of the molecule is Cc1cc(Sc2nc3ccccc3o2)c([C@H](C)N)cc1F. The summed E-state index contributed by atoms with van der Waals surface area (Å²) >= 11 is 1.37. The van der Waals surface area contributed by atoms with Crippen LogP contribution >= 0.6 is 11.8 Å². The largest absolute Gasteiger partial charge is 0.431 e. The van der Waals surface area contributed by atoms with Gasteiger partial charge in [-0.05, 0) is 61.0 Å². The monoisotopic (exact) mass is 302 g/mol. The summed E-state index contributed by atoms with van der Waals surface area (Å²) in [5.41, 5.74) is 8.81. The molecule has 2 aromatic carbocycles. The van der Waals surface area contributed by atoms with Gasteiger partial charge in [0.2, 0.25) is 0 Å². The van der Waals surface area contributed by atoms with Gasteiger partial charge in [0.15, 0.2) is 5.58 Å². The molecule has 5 heteroatoms. The number of nitrogens with zero attached hydrogens (tertiary/aromatic N) is 1. The number of rotatable bonds is 3. The Labute approximate surface area is 126 Å². The minimum Gasteiger partial charge on any atom is -0.431 e. The van der Waals surface area contributed by atoms with E-state index in [1.54, 1.807) is 13.0 Å². The van der Waals surface area contributed by atoms with E-state index >= 15 is 0 Å². The van der Waals surface area contributed by atoms with E-state index in [1.807, 2.05) is 31.2 Å². The fraction of sp³-hybridized carbons (Fsp3) is 0.188. The molecule has 0 radical (unpaired) electrons. The van der Waals surface area contributed by atoms with E-state index in [9.17, 15) is 4.39 Å². The minimum absolute atomic E-state index is 0.246. The van der Waals surface area contributed by atoms with Gasteiger partial charge in [-0.15, -0.1) is 0 Å². The topological polar surface area (TPSA) is 52.0 Å². The fourth-order valence-electron chi connectivity index (χ4n) is 2.10. The van der Waals surface area contributed by atoms with Crippen LogP contribution in [0.25, 0.3) is 11.1 Å². The quantitative estimate of drug-likeness (QED) is 0.776. The molecule has 1 aromatic heterocycles. The molecule has 2 N–H and O–H groups in total. The highest BCUT2D eigenvalue weighted by atomic mass is 32.2. The highest BCUT2D eigenvalue weighted by molar-refractivity contribution is 7.99. The number of fused-ring (bicyclic) bond motifs is 1. The van der Waals surface area contributed by atoms with Gasteiger partial charge in [0.25, 0.3) is 5.22 Å². The first-order valence-electron chi connectivity index (χ1n) is 6.63. The molecule has 0 unspecified atom stereocenters. The van der Waals surface area contributed by atoms with Crippen LogP contribution in [0.4, 0.5) is 4.39 Å². The summed E-state index contributed by atoms with van der Waals surface area (Å²) in [6.45, 7) is 3.57. The molecule has 0 spiro atoms. The van der Waals surface area contributed by atoms with Gasteiger partial charge in [-0.3, -0.25) is 0 Å². The Morgan fingerprint density at radius 2 is 2.05 bits per heavy atom. The van der Waals surface area contributed by atoms with Crippen molar-refractivity contribution in [2.45, 2.75) is 30.0 Å². The van der Waals surface area contributed by atoms with E-state index in [1.165, 1.54) is 17.8 Å². The summed E-state index contributed by atoms with van der Waals surface area (Å²) in [5, 5.41) is 0.532. The van der Waals surface area contributed by atoms with Crippen molar-refractivity contribution in [1.29, 1.82) is 0 Å². The Bertz CT molecular complexity index is 765. The number of para-hydroxylation sites is 2. The normalized spacial score (nSPS) is 12.8. The second kappa shape index (κ2) is 5.50. The highest BCUT2D eigenvalue weighted by Crippen LogP contribution is 2.35. The van der Waals surface area contributed by atoms with Crippen molar-refractivity contribution in [3.05, 3.63) is 53.3 Å². The van der Waals surface area contributed by atoms with E-state index in [2.05, 4.69) is 4.98 Å². The van der Waals surface area contributed by atoms with E-state index in [4.69, 9.17) is 10.2 Å². The number of aryl methyl sites for hydroxylation is 1. The zero-order chi connectivity index (χ0) is 15.0. The van der Waals surface area contributed by atoms with Crippen LogP contribution in [0.15, 0.2) is 50.9 Å². The molecular weight excluding hydrogens is 287 g/mol. The van der Waals surface area contributed by atoms with Gasteiger partial charge in [0.05, 0.1) is 0 Å². The molecule has 0 aliphatic rings. The van der Waals surface area contributed by atoms with Crippen molar-refractivity contribution >= 4 is 22.9 Å². The molecule has 108 valence electrons. The zero-order valence-corrected chi connectivity index (χ0v) is 12.6. The summed E-state index contributed by atoms with van der Waals surface area (Å²) in [4.78, 5) is 5.29. The van der Waals surface area contributed by atoms with Gasteiger partial charge in [0, 0.05) is 10.9 Å². The van der Waals surface area contributed by atoms with Crippen molar-refractivity contribution in [3.8, 4) is 0 Å². The molecule has 1 atom stereocenters. The summed E-state index contributed by atoms with van der Waals surface area (Å²) in [6, 6.07) is 10.6. The van der Waals surface area contributed by atoms with Gasteiger partial charge < -0.3 is 10.2 Å². The van der Waals surface area contributed by atoms with Crippen molar-refractivity contribution in [3.63, 3.8) is 0 Å². The van der Waals surface area contributed by atoms with E-state index < -0.39 is 0 Å². The summed E-state index contributed by atoms with van der Waals surface area (Å²) in [7, 11) is 0. The molecule has 1 heterocycles. The third-order valence-electron chi connectivity index (χ3n) is 3.25. The van der Waals surface area contributed by atoms with Crippen LogP contribution < -0.4 is 5.73 Å².